The molecule has 2 rings (SSSR count). The standard InChI is InChI=1S/C15H15FN2/c1-11(13-6-4-3-5-7-13)18-12(2)15-9-8-14(16)10-17-15/h3-11H,1-2H3/b18-12+/t11-/m0/s1. The van der Waals surface area contributed by atoms with Crippen LogP contribution in [0.1, 0.15) is 31.1 Å². The van der Waals surface area contributed by atoms with Crippen LogP contribution >= 0.6 is 0 Å². The molecule has 0 saturated carbocycles. The molecule has 0 spiro atoms. The van der Waals surface area contributed by atoms with Crippen molar-refractivity contribution >= 4 is 5.71 Å². The van der Waals surface area contributed by atoms with Crippen LogP contribution in [0, 0.1) is 5.82 Å². The fourth-order valence-corrected chi connectivity index (χ4v) is 1.75. The summed E-state index contributed by atoms with van der Waals surface area (Å²) in [5.74, 6) is -0.331. The van der Waals surface area contributed by atoms with Gasteiger partial charge in [0, 0.05) is 0 Å². The number of rotatable bonds is 3. The Morgan fingerprint density at radius 1 is 1.17 bits per heavy atom. The van der Waals surface area contributed by atoms with E-state index < -0.39 is 0 Å². The van der Waals surface area contributed by atoms with E-state index >= 15 is 0 Å². The van der Waals surface area contributed by atoms with Crippen molar-refractivity contribution in [2.24, 2.45) is 4.99 Å². The molecule has 1 atom stereocenters. The predicted molar refractivity (Wildman–Crippen MR) is 71.3 cm³/mol. The molecule has 0 aliphatic carbocycles. The van der Waals surface area contributed by atoms with Gasteiger partial charge >= 0.3 is 0 Å². The molecule has 0 amide bonds. The zero-order chi connectivity index (χ0) is 13.0. The highest BCUT2D eigenvalue weighted by Gasteiger charge is 2.05. The zero-order valence-electron chi connectivity index (χ0n) is 10.5. The van der Waals surface area contributed by atoms with E-state index in [9.17, 15) is 4.39 Å². The SMILES string of the molecule is C/C(=N\[C@@H](C)c1ccccc1)c1ccc(F)cn1. The van der Waals surface area contributed by atoms with Crippen LogP contribution in [0.15, 0.2) is 53.7 Å². The van der Waals surface area contributed by atoms with Crippen LogP contribution in [0.3, 0.4) is 0 Å². The largest absolute Gasteiger partial charge is 0.280 e. The van der Waals surface area contributed by atoms with Crippen molar-refractivity contribution in [2.45, 2.75) is 19.9 Å². The second kappa shape index (κ2) is 5.54. The number of benzene rings is 1. The summed E-state index contributed by atoms with van der Waals surface area (Å²) in [4.78, 5) is 8.60. The molecule has 0 aliphatic heterocycles. The first kappa shape index (κ1) is 12.4. The van der Waals surface area contributed by atoms with Gasteiger partial charge in [-0.25, -0.2) is 4.39 Å². The third kappa shape index (κ3) is 3.00. The van der Waals surface area contributed by atoms with Gasteiger partial charge in [-0.15, -0.1) is 0 Å². The van der Waals surface area contributed by atoms with Crippen LogP contribution in [0.25, 0.3) is 0 Å². The second-order valence-electron chi connectivity index (χ2n) is 4.16. The molecule has 0 fully saturated rings. The normalized spacial score (nSPS) is 13.4. The van der Waals surface area contributed by atoms with Crippen LogP contribution in [0.4, 0.5) is 4.39 Å². The van der Waals surface area contributed by atoms with Gasteiger partial charge in [-0.05, 0) is 31.5 Å². The van der Waals surface area contributed by atoms with E-state index in [0.29, 0.717) is 5.69 Å². The predicted octanol–water partition coefficient (Wildman–Crippen LogP) is 3.79. The van der Waals surface area contributed by atoms with Crippen molar-refractivity contribution in [3.05, 3.63) is 65.7 Å². The highest BCUT2D eigenvalue weighted by molar-refractivity contribution is 5.97. The number of halogens is 1. The van der Waals surface area contributed by atoms with E-state index in [1.807, 2.05) is 44.2 Å². The number of hydrogen-bond acceptors (Lipinski definition) is 2. The fourth-order valence-electron chi connectivity index (χ4n) is 1.75. The maximum absolute atomic E-state index is 12.8. The molecule has 2 aromatic rings. The van der Waals surface area contributed by atoms with Crippen LogP contribution in [-0.4, -0.2) is 10.7 Å². The molecular formula is C15H15FN2. The average molecular weight is 242 g/mol. The molecule has 2 nitrogen and oxygen atoms in total. The van der Waals surface area contributed by atoms with E-state index in [1.54, 1.807) is 6.07 Å². The van der Waals surface area contributed by atoms with E-state index in [0.717, 1.165) is 11.3 Å². The van der Waals surface area contributed by atoms with E-state index in [4.69, 9.17) is 0 Å². The van der Waals surface area contributed by atoms with Gasteiger partial charge in [-0.3, -0.25) is 9.98 Å². The summed E-state index contributed by atoms with van der Waals surface area (Å²) in [5.41, 5.74) is 2.67. The Kier molecular flexibility index (Phi) is 3.82. The van der Waals surface area contributed by atoms with Gasteiger partial charge < -0.3 is 0 Å². The number of nitrogens with zero attached hydrogens (tertiary/aromatic N) is 2. The monoisotopic (exact) mass is 242 g/mol. The minimum absolute atomic E-state index is 0.0676. The minimum atomic E-state index is -0.331. The van der Waals surface area contributed by atoms with Crippen LogP contribution in [-0.2, 0) is 0 Å². The Bertz CT molecular complexity index is 532. The summed E-state index contributed by atoms with van der Waals surface area (Å²) >= 11 is 0. The number of hydrogen-bond donors (Lipinski definition) is 0. The van der Waals surface area contributed by atoms with Gasteiger partial charge in [0.05, 0.1) is 23.6 Å². The lowest BCUT2D eigenvalue weighted by molar-refractivity contribution is 0.621. The molecule has 0 unspecified atom stereocenters. The smallest absolute Gasteiger partial charge is 0.141 e. The molecule has 0 radical (unpaired) electrons. The molecule has 1 heterocycles. The Morgan fingerprint density at radius 3 is 2.50 bits per heavy atom. The molecule has 1 aromatic heterocycles. The van der Waals surface area contributed by atoms with Crippen molar-refractivity contribution in [1.29, 1.82) is 0 Å². The van der Waals surface area contributed by atoms with Gasteiger partial charge in [0.15, 0.2) is 0 Å². The zero-order valence-corrected chi connectivity index (χ0v) is 10.5. The Morgan fingerprint density at radius 2 is 1.89 bits per heavy atom. The summed E-state index contributed by atoms with van der Waals surface area (Å²) in [6.07, 6.45) is 1.21. The Hall–Kier alpha value is -2.03. The Balaban J connectivity index is 2.20. The topological polar surface area (TPSA) is 25.2 Å². The van der Waals surface area contributed by atoms with Crippen molar-refractivity contribution in [2.75, 3.05) is 0 Å². The van der Waals surface area contributed by atoms with Gasteiger partial charge in [-0.2, -0.15) is 0 Å². The van der Waals surface area contributed by atoms with Crippen LogP contribution in [0.5, 0.6) is 0 Å². The average Bonchev–Trinajstić information content (AvgIpc) is 2.40. The second-order valence-corrected chi connectivity index (χ2v) is 4.16. The summed E-state index contributed by atoms with van der Waals surface area (Å²) in [5, 5.41) is 0. The number of aromatic nitrogens is 1. The highest BCUT2D eigenvalue weighted by atomic mass is 19.1. The van der Waals surface area contributed by atoms with E-state index in [1.165, 1.54) is 12.3 Å². The third-order valence-corrected chi connectivity index (χ3v) is 2.77. The first-order valence-electron chi connectivity index (χ1n) is 5.88. The number of pyridine rings is 1. The molecule has 0 saturated heterocycles. The molecule has 18 heavy (non-hydrogen) atoms. The van der Waals surface area contributed by atoms with Crippen molar-refractivity contribution in [3.8, 4) is 0 Å². The first-order valence-corrected chi connectivity index (χ1v) is 5.88. The molecule has 0 N–H and O–H groups in total. The lowest BCUT2D eigenvalue weighted by atomic mass is 10.1. The third-order valence-electron chi connectivity index (χ3n) is 2.77. The maximum Gasteiger partial charge on any atom is 0.141 e. The van der Waals surface area contributed by atoms with Crippen molar-refractivity contribution in [1.82, 2.24) is 4.98 Å². The number of aliphatic imine (C=N–C) groups is 1. The first-order chi connectivity index (χ1) is 8.66. The van der Waals surface area contributed by atoms with Crippen LogP contribution in [0.2, 0.25) is 0 Å². The molecule has 0 aliphatic rings. The maximum atomic E-state index is 12.8. The fraction of sp³-hybridized carbons (Fsp3) is 0.200. The van der Waals surface area contributed by atoms with Gasteiger partial charge in [0.1, 0.15) is 5.82 Å². The van der Waals surface area contributed by atoms with Crippen LogP contribution < -0.4 is 0 Å². The Labute approximate surface area is 106 Å². The van der Waals surface area contributed by atoms with Gasteiger partial charge in [0.2, 0.25) is 0 Å². The highest BCUT2D eigenvalue weighted by Crippen LogP contribution is 2.17. The summed E-state index contributed by atoms with van der Waals surface area (Å²) < 4.78 is 12.8. The van der Waals surface area contributed by atoms with Crippen molar-refractivity contribution < 1.29 is 4.39 Å². The summed E-state index contributed by atoms with van der Waals surface area (Å²) in [6, 6.07) is 13.2. The molecule has 0 bridgehead atoms. The molecular weight excluding hydrogens is 227 g/mol. The summed E-state index contributed by atoms with van der Waals surface area (Å²) in [7, 11) is 0. The van der Waals surface area contributed by atoms with E-state index in [2.05, 4.69) is 9.98 Å². The quantitative estimate of drug-likeness (QED) is 0.752. The van der Waals surface area contributed by atoms with Gasteiger partial charge in [0.25, 0.3) is 0 Å². The minimum Gasteiger partial charge on any atom is -0.280 e. The lowest BCUT2D eigenvalue weighted by Gasteiger charge is -2.08. The molecule has 92 valence electrons. The molecule has 1 aromatic carbocycles. The van der Waals surface area contributed by atoms with Crippen molar-refractivity contribution in [3.63, 3.8) is 0 Å². The summed E-state index contributed by atoms with van der Waals surface area (Å²) in [6.45, 7) is 3.92. The lowest BCUT2D eigenvalue weighted by Crippen LogP contribution is -2.01. The van der Waals surface area contributed by atoms with Gasteiger partial charge in [-0.1, -0.05) is 30.3 Å². The molecule has 3 heteroatoms. The van der Waals surface area contributed by atoms with E-state index in [-0.39, 0.29) is 11.9 Å².